The number of aliphatic hydroxyl groups excluding tert-OH is 2. The SMILES string of the molecule is O=C(OCc1ccccc1)N1CC[C@H](O)[C@H](O)C1. The Morgan fingerprint density at radius 3 is 2.67 bits per heavy atom. The van der Waals surface area contributed by atoms with Crippen molar-refractivity contribution in [3.05, 3.63) is 35.9 Å². The Morgan fingerprint density at radius 2 is 2.00 bits per heavy atom. The lowest BCUT2D eigenvalue weighted by molar-refractivity contribution is -0.0371. The molecule has 98 valence electrons. The van der Waals surface area contributed by atoms with Crippen LogP contribution in [0.25, 0.3) is 0 Å². The average molecular weight is 251 g/mol. The highest BCUT2D eigenvalue weighted by Gasteiger charge is 2.29. The van der Waals surface area contributed by atoms with Gasteiger partial charge in [-0.1, -0.05) is 30.3 Å². The Labute approximate surface area is 106 Å². The molecule has 0 unspecified atom stereocenters. The summed E-state index contributed by atoms with van der Waals surface area (Å²) in [6, 6.07) is 9.41. The standard InChI is InChI=1S/C13H17NO4/c15-11-6-7-14(8-12(11)16)13(17)18-9-10-4-2-1-3-5-10/h1-5,11-12,15-16H,6-9H2/t11-,12+/m0/s1. The molecule has 2 N–H and O–H groups in total. The zero-order chi connectivity index (χ0) is 13.0. The molecule has 5 nitrogen and oxygen atoms in total. The summed E-state index contributed by atoms with van der Waals surface area (Å²) in [5.41, 5.74) is 0.920. The first kappa shape index (κ1) is 12.9. The Morgan fingerprint density at radius 1 is 1.28 bits per heavy atom. The third-order valence-corrected chi connectivity index (χ3v) is 3.01. The van der Waals surface area contributed by atoms with Gasteiger partial charge in [-0.25, -0.2) is 4.79 Å². The van der Waals surface area contributed by atoms with E-state index in [0.717, 1.165) is 5.56 Å². The second kappa shape index (κ2) is 5.84. The molecule has 0 bridgehead atoms. The van der Waals surface area contributed by atoms with Gasteiger partial charge in [0.15, 0.2) is 0 Å². The molecule has 0 saturated carbocycles. The molecule has 1 aromatic rings. The van der Waals surface area contributed by atoms with Gasteiger partial charge in [0.25, 0.3) is 0 Å². The number of benzene rings is 1. The maximum Gasteiger partial charge on any atom is 0.410 e. The highest BCUT2D eigenvalue weighted by molar-refractivity contribution is 5.67. The van der Waals surface area contributed by atoms with E-state index in [4.69, 9.17) is 4.74 Å². The van der Waals surface area contributed by atoms with E-state index in [1.165, 1.54) is 4.90 Å². The second-order valence-corrected chi connectivity index (χ2v) is 4.41. The van der Waals surface area contributed by atoms with Gasteiger partial charge in [-0.2, -0.15) is 0 Å². The van der Waals surface area contributed by atoms with Gasteiger partial charge in [-0.05, 0) is 12.0 Å². The largest absolute Gasteiger partial charge is 0.445 e. The first-order chi connectivity index (χ1) is 8.66. The number of aliphatic hydroxyl groups is 2. The number of β-amino-alcohol motifs (C(OH)–C–C–N with tert-alkyl or cyclic N) is 1. The third kappa shape index (κ3) is 3.21. The Hall–Kier alpha value is -1.59. The van der Waals surface area contributed by atoms with Crippen LogP contribution in [0.4, 0.5) is 4.79 Å². The minimum Gasteiger partial charge on any atom is -0.445 e. The molecule has 1 heterocycles. The third-order valence-electron chi connectivity index (χ3n) is 3.01. The van der Waals surface area contributed by atoms with E-state index in [9.17, 15) is 15.0 Å². The van der Waals surface area contributed by atoms with Crippen molar-refractivity contribution in [3.8, 4) is 0 Å². The Kier molecular flexibility index (Phi) is 4.17. The molecule has 1 aromatic carbocycles. The molecule has 0 spiro atoms. The van der Waals surface area contributed by atoms with Crippen LogP contribution in [0.2, 0.25) is 0 Å². The summed E-state index contributed by atoms with van der Waals surface area (Å²) in [6.45, 7) is 0.745. The van der Waals surface area contributed by atoms with E-state index in [1.807, 2.05) is 30.3 Å². The fraction of sp³-hybridized carbons (Fsp3) is 0.462. The molecule has 5 heteroatoms. The van der Waals surface area contributed by atoms with E-state index in [-0.39, 0.29) is 13.2 Å². The van der Waals surface area contributed by atoms with Gasteiger partial charge < -0.3 is 19.8 Å². The molecule has 1 fully saturated rings. The number of carbonyl (C=O) groups is 1. The van der Waals surface area contributed by atoms with Gasteiger partial charge in [0, 0.05) is 6.54 Å². The fourth-order valence-corrected chi connectivity index (χ4v) is 1.90. The summed E-state index contributed by atoms with van der Waals surface area (Å²) < 4.78 is 5.15. The van der Waals surface area contributed by atoms with E-state index in [1.54, 1.807) is 0 Å². The predicted octanol–water partition coefficient (Wildman–Crippen LogP) is 0.751. The number of hydrogen-bond donors (Lipinski definition) is 2. The maximum absolute atomic E-state index is 11.7. The molecule has 0 aliphatic carbocycles. The number of piperidine rings is 1. The topological polar surface area (TPSA) is 70.0 Å². The van der Waals surface area contributed by atoms with Crippen LogP contribution in [0.1, 0.15) is 12.0 Å². The van der Waals surface area contributed by atoms with Crippen LogP contribution < -0.4 is 0 Å². The molecule has 0 aromatic heterocycles. The maximum atomic E-state index is 11.7. The lowest BCUT2D eigenvalue weighted by Gasteiger charge is -2.32. The van der Waals surface area contributed by atoms with E-state index >= 15 is 0 Å². The van der Waals surface area contributed by atoms with E-state index in [0.29, 0.717) is 13.0 Å². The zero-order valence-corrected chi connectivity index (χ0v) is 10.0. The molecule has 2 rings (SSSR count). The van der Waals surface area contributed by atoms with Gasteiger partial charge in [0.1, 0.15) is 6.61 Å². The van der Waals surface area contributed by atoms with Crippen LogP contribution in [0.3, 0.4) is 0 Å². The number of hydrogen-bond acceptors (Lipinski definition) is 4. The summed E-state index contributed by atoms with van der Waals surface area (Å²) in [4.78, 5) is 13.2. The van der Waals surface area contributed by atoms with Gasteiger partial charge >= 0.3 is 6.09 Å². The summed E-state index contributed by atoms with van der Waals surface area (Å²) in [5.74, 6) is 0. The quantitative estimate of drug-likeness (QED) is 0.813. The van der Waals surface area contributed by atoms with Gasteiger partial charge in [0.05, 0.1) is 18.8 Å². The van der Waals surface area contributed by atoms with Crippen molar-refractivity contribution in [2.75, 3.05) is 13.1 Å². The number of nitrogens with zero attached hydrogens (tertiary/aromatic N) is 1. The van der Waals surface area contributed by atoms with Crippen LogP contribution in [-0.4, -0.2) is 46.5 Å². The van der Waals surface area contributed by atoms with Crippen molar-refractivity contribution < 1.29 is 19.7 Å². The molecular weight excluding hydrogens is 234 g/mol. The lowest BCUT2D eigenvalue weighted by atomic mass is 10.1. The lowest BCUT2D eigenvalue weighted by Crippen LogP contribution is -2.49. The first-order valence-corrected chi connectivity index (χ1v) is 5.98. The van der Waals surface area contributed by atoms with Crippen LogP contribution in [0, 0.1) is 0 Å². The number of likely N-dealkylation sites (tertiary alicyclic amines) is 1. The van der Waals surface area contributed by atoms with Crippen LogP contribution in [0.15, 0.2) is 30.3 Å². The fourth-order valence-electron chi connectivity index (χ4n) is 1.90. The van der Waals surface area contributed by atoms with Gasteiger partial charge in [-0.15, -0.1) is 0 Å². The molecule has 2 atom stereocenters. The molecule has 0 radical (unpaired) electrons. The highest BCUT2D eigenvalue weighted by atomic mass is 16.6. The molecule has 18 heavy (non-hydrogen) atoms. The minimum atomic E-state index is -0.886. The van der Waals surface area contributed by atoms with Crippen LogP contribution in [-0.2, 0) is 11.3 Å². The molecule has 1 aliphatic heterocycles. The summed E-state index contributed by atoms with van der Waals surface area (Å²) in [7, 11) is 0. The summed E-state index contributed by atoms with van der Waals surface area (Å²) in [5, 5.41) is 18.8. The zero-order valence-electron chi connectivity index (χ0n) is 10.0. The molecule has 1 aliphatic rings. The number of ether oxygens (including phenoxy) is 1. The van der Waals surface area contributed by atoms with Crippen molar-refractivity contribution in [3.63, 3.8) is 0 Å². The van der Waals surface area contributed by atoms with Gasteiger partial charge in [-0.3, -0.25) is 0 Å². The van der Waals surface area contributed by atoms with E-state index in [2.05, 4.69) is 0 Å². The molecule has 1 amide bonds. The Balaban J connectivity index is 1.82. The van der Waals surface area contributed by atoms with Crippen LogP contribution in [0.5, 0.6) is 0 Å². The summed E-state index contributed by atoms with van der Waals surface area (Å²) in [6.07, 6.45) is -1.71. The smallest absolute Gasteiger partial charge is 0.410 e. The predicted molar refractivity (Wildman–Crippen MR) is 64.8 cm³/mol. The monoisotopic (exact) mass is 251 g/mol. The minimum absolute atomic E-state index is 0.120. The van der Waals surface area contributed by atoms with Crippen molar-refractivity contribution in [2.45, 2.75) is 25.2 Å². The molecule has 1 saturated heterocycles. The van der Waals surface area contributed by atoms with Crippen molar-refractivity contribution in [2.24, 2.45) is 0 Å². The van der Waals surface area contributed by atoms with E-state index < -0.39 is 18.3 Å². The van der Waals surface area contributed by atoms with Crippen LogP contribution >= 0.6 is 0 Å². The van der Waals surface area contributed by atoms with Crippen molar-refractivity contribution in [1.82, 2.24) is 4.90 Å². The average Bonchev–Trinajstić information content (AvgIpc) is 2.40. The normalized spacial score (nSPS) is 23.8. The Bertz CT molecular complexity index is 395. The van der Waals surface area contributed by atoms with Crippen molar-refractivity contribution >= 4 is 6.09 Å². The number of amides is 1. The highest BCUT2D eigenvalue weighted by Crippen LogP contribution is 2.12. The first-order valence-electron chi connectivity index (χ1n) is 5.98. The number of carbonyl (C=O) groups excluding carboxylic acids is 1. The number of rotatable bonds is 2. The summed E-state index contributed by atoms with van der Waals surface area (Å²) >= 11 is 0. The second-order valence-electron chi connectivity index (χ2n) is 4.41. The van der Waals surface area contributed by atoms with Crippen molar-refractivity contribution in [1.29, 1.82) is 0 Å². The molecular formula is C13H17NO4. The van der Waals surface area contributed by atoms with Gasteiger partial charge in [0.2, 0.25) is 0 Å².